The molecule has 1 aliphatic heterocycles. The normalized spacial score (nSPS) is 23.3. The van der Waals surface area contributed by atoms with Crippen molar-refractivity contribution in [1.29, 1.82) is 0 Å². The summed E-state index contributed by atoms with van der Waals surface area (Å²) in [4.78, 5) is 24.7. The number of rotatable bonds is 3. The van der Waals surface area contributed by atoms with Gasteiger partial charge in [0.05, 0.1) is 6.54 Å². The van der Waals surface area contributed by atoms with Gasteiger partial charge in [-0.1, -0.05) is 6.92 Å². The van der Waals surface area contributed by atoms with Crippen LogP contribution < -0.4 is 5.73 Å². The Morgan fingerprint density at radius 1 is 1.56 bits per heavy atom. The summed E-state index contributed by atoms with van der Waals surface area (Å²) >= 11 is 0. The molecular formula is C12H16N2O4. The number of nitrogens with zero attached hydrogens (tertiary/aromatic N) is 1. The van der Waals surface area contributed by atoms with E-state index in [1.807, 2.05) is 6.92 Å². The van der Waals surface area contributed by atoms with E-state index in [2.05, 4.69) is 0 Å². The van der Waals surface area contributed by atoms with Crippen LogP contribution >= 0.6 is 0 Å². The largest absolute Gasteiger partial charge is 0.480 e. The molecule has 2 rings (SSSR count). The Kier molecular flexibility index (Phi) is 3.38. The Morgan fingerprint density at radius 2 is 2.28 bits per heavy atom. The molecule has 3 N–H and O–H groups in total. The molecule has 0 aromatic carbocycles. The van der Waals surface area contributed by atoms with E-state index in [-0.39, 0.29) is 24.1 Å². The van der Waals surface area contributed by atoms with Crippen LogP contribution in [-0.2, 0) is 11.3 Å². The van der Waals surface area contributed by atoms with Crippen LogP contribution in [0.4, 0.5) is 0 Å². The number of carbonyl (C=O) groups excluding carboxylic acids is 1. The first kappa shape index (κ1) is 12.6. The number of carboxylic acid groups (broad SMARTS) is 1. The average molecular weight is 252 g/mol. The lowest BCUT2D eigenvalue weighted by molar-refractivity contribution is -0.142. The molecule has 1 aromatic rings. The number of carbonyl (C=O) groups is 2. The van der Waals surface area contributed by atoms with Crippen molar-refractivity contribution in [1.82, 2.24) is 4.90 Å². The first-order valence-electron chi connectivity index (χ1n) is 5.87. The molecule has 1 fully saturated rings. The van der Waals surface area contributed by atoms with Gasteiger partial charge in [0, 0.05) is 6.54 Å². The van der Waals surface area contributed by atoms with Gasteiger partial charge in [-0.2, -0.15) is 0 Å². The average Bonchev–Trinajstić information content (AvgIpc) is 2.93. The molecule has 18 heavy (non-hydrogen) atoms. The number of carboxylic acids is 1. The van der Waals surface area contributed by atoms with Gasteiger partial charge in [-0.3, -0.25) is 4.79 Å². The van der Waals surface area contributed by atoms with Gasteiger partial charge < -0.3 is 20.2 Å². The van der Waals surface area contributed by atoms with Gasteiger partial charge in [-0.15, -0.1) is 0 Å². The number of amides is 1. The molecule has 2 atom stereocenters. The molecule has 0 saturated carbocycles. The van der Waals surface area contributed by atoms with Gasteiger partial charge in [0.15, 0.2) is 5.76 Å². The van der Waals surface area contributed by atoms with Gasteiger partial charge in [0.25, 0.3) is 5.91 Å². The lowest BCUT2D eigenvalue weighted by Crippen LogP contribution is -2.42. The highest BCUT2D eigenvalue weighted by molar-refractivity contribution is 5.94. The van der Waals surface area contributed by atoms with Crippen molar-refractivity contribution < 1.29 is 19.1 Å². The molecule has 0 aliphatic carbocycles. The molecule has 6 heteroatoms. The van der Waals surface area contributed by atoms with E-state index in [4.69, 9.17) is 15.3 Å². The van der Waals surface area contributed by atoms with Crippen molar-refractivity contribution in [3.8, 4) is 0 Å². The minimum Gasteiger partial charge on any atom is -0.480 e. The van der Waals surface area contributed by atoms with Crippen molar-refractivity contribution in [2.24, 2.45) is 11.7 Å². The third-order valence-electron chi connectivity index (χ3n) is 3.29. The second-order valence-electron chi connectivity index (χ2n) is 4.52. The summed E-state index contributed by atoms with van der Waals surface area (Å²) < 4.78 is 5.26. The Morgan fingerprint density at radius 3 is 2.83 bits per heavy atom. The number of furan rings is 1. The summed E-state index contributed by atoms with van der Waals surface area (Å²) in [5.74, 6) is -0.742. The second kappa shape index (κ2) is 4.81. The van der Waals surface area contributed by atoms with Gasteiger partial charge in [-0.05, 0) is 24.5 Å². The van der Waals surface area contributed by atoms with E-state index >= 15 is 0 Å². The zero-order chi connectivity index (χ0) is 13.3. The van der Waals surface area contributed by atoms with Crippen molar-refractivity contribution in [3.05, 3.63) is 23.7 Å². The lowest BCUT2D eigenvalue weighted by atomic mass is 10.0. The number of hydrogen-bond acceptors (Lipinski definition) is 4. The Balaban J connectivity index is 2.20. The number of aliphatic carboxylic acids is 1. The highest BCUT2D eigenvalue weighted by atomic mass is 16.4. The molecule has 2 heterocycles. The minimum absolute atomic E-state index is 0.0459. The molecule has 0 radical (unpaired) electrons. The molecule has 1 aromatic heterocycles. The van der Waals surface area contributed by atoms with Crippen LogP contribution in [0.1, 0.15) is 29.7 Å². The zero-order valence-electron chi connectivity index (χ0n) is 10.1. The number of nitrogens with two attached hydrogens (primary N) is 1. The summed E-state index contributed by atoms with van der Waals surface area (Å²) in [6, 6.07) is 2.39. The van der Waals surface area contributed by atoms with E-state index < -0.39 is 12.0 Å². The van der Waals surface area contributed by atoms with Gasteiger partial charge in [-0.25, -0.2) is 4.79 Å². The highest BCUT2D eigenvalue weighted by Gasteiger charge is 2.40. The summed E-state index contributed by atoms with van der Waals surface area (Å²) in [5, 5.41) is 9.16. The van der Waals surface area contributed by atoms with Crippen LogP contribution in [0.3, 0.4) is 0 Å². The van der Waals surface area contributed by atoms with E-state index in [1.165, 1.54) is 11.0 Å². The van der Waals surface area contributed by atoms with Gasteiger partial charge in [0.1, 0.15) is 11.8 Å². The molecule has 1 aliphatic rings. The van der Waals surface area contributed by atoms with E-state index in [0.717, 1.165) is 0 Å². The molecule has 1 saturated heterocycles. The Hall–Kier alpha value is -1.82. The summed E-state index contributed by atoms with van der Waals surface area (Å²) in [5.41, 5.74) is 5.40. The van der Waals surface area contributed by atoms with Crippen LogP contribution in [0.5, 0.6) is 0 Å². The first-order chi connectivity index (χ1) is 8.54. The lowest BCUT2D eigenvalue weighted by Gasteiger charge is -2.22. The third-order valence-corrected chi connectivity index (χ3v) is 3.29. The fraction of sp³-hybridized carbons (Fsp3) is 0.500. The van der Waals surface area contributed by atoms with Gasteiger partial charge >= 0.3 is 5.97 Å². The van der Waals surface area contributed by atoms with Crippen molar-refractivity contribution >= 4 is 11.9 Å². The third kappa shape index (κ3) is 2.11. The minimum atomic E-state index is -0.973. The number of likely N-dealkylation sites (tertiary alicyclic amines) is 1. The maximum atomic E-state index is 12.2. The highest BCUT2D eigenvalue weighted by Crippen LogP contribution is 2.26. The quantitative estimate of drug-likeness (QED) is 0.824. The van der Waals surface area contributed by atoms with Crippen molar-refractivity contribution in [3.63, 3.8) is 0 Å². The van der Waals surface area contributed by atoms with Crippen molar-refractivity contribution in [2.75, 3.05) is 6.54 Å². The van der Waals surface area contributed by atoms with Crippen LogP contribution in [0.15, 0.2) is 16.5 Å². The first-order valence-corrected chi connectivity index (χ1v) is 5.87. The molecule has 0 spiro atoms. The zero-order valence-corrected chi connectivity index (χ0v) is 10.1. The maximum Gasteiger partial charge on any atom is 0.326 e. The number of hydrogen-bond donors (Lipinski definition) is 2. The van der Waals surface area contributed by atoms with Crippen LogP contribution in [0.25, 0.3) is 0 Å². The molecule has 0 bridgehead atoms. The summed E-state index contributed by atoms with van der Waals surface area (Å²) in [7, 11) is 0. The second-order valence-corrected chi connectivity index (χ2v) is 4.52. The fourth-order valence-corrected chi connectivity index (χ4v) is 2.30. The Bertz CT molecular complexity index is 468. The predicted molar refractivity (Wildman–Crippen MR) is 62.8 cm³/mol. The summed E-state index contributed by atoms with van der Waals surface area (Å²) in [6.45, 7) is 2.49. The topological polar surface area (TPSA) is 96.8 Å². The van der Waals surface area contributed by atoms with E-state index in [0.29, 0.717) is 18.7 Å². The van der Waals surface area contributed by atoms with Crippen LogP contribution in [-0.4, -0.2) is 34.5 Å². The molecular weight excluding hydrogens is 236 g/mol. The standard InChI is InChI=1S/C12H16N2O4/c1-7-4-5-14(10(7)12(16)17)11(15)9-3-2-8(6-13)18-9/h2-3,7,10H,4-6,13H2,1H3,(H,16,17). The fourth-order valence-electron chi connectivity index (χ4n) is 2.30. The molecule has 2 unspecified atom stereocenters. The van der Waals surface area contributed by atoms with Crippen molar-refractivity contribution in [2.45, 2.75) is 25.9 Å². The molecule has 1 amide bonds. The molecule has 6 nitrogen and oxygen atoms in total. The SMILES string of the molecule is CC1CCN(C(=O)c2ccc(CN)o2)C1C(=O)O. The summed E-state index contributed by atoms with van der Waals surface area (Å²) in [6.07, 6.45) is 0.688. The Labute approximate surface area is 104 Å². The predicted octanol–water partition coefficient (Wildman–Crippen LogP) is 0.673. The maximum absolute atomic E-state index is 12.2. The van der Waals surface area contributed by atoms with E-state index in [9.17, 15) is 9.59 Å². The molecule has 98 valence electrons. The van der Waals surface area contributed by atoms with Crippen LogP contribution in [0.2, 0.25) is 0 Å². The van der Waals surface area contributed by atoms with Gasteiger partial charge in [0.2, 0.25) is 0 Å². The monoisotopic (exact) mass is 252 g/mol. The van der Waals surface area contributed by atoms with Crippen LogP contribution in [0, 0.1) is 5.92 Å². The van der Waals surface area contributed by atoms with E-state index in [1.54, 1.807) is 6.07 Å². The smallest absolute Gasteiger partial charge is 0.326 e.